The monoisotopic (exact) mass is 408 g/mol. The molecule has 0 aliphatic heterocycles. The molecule has 0 radical (unpaired) electrons. The van der Waals surface area contributed by atoms with E-state index in [1.54, 1.807) is 41.8 Å². The SMILES string of the molecule is COc1ccccc1N(CC(=O)NC1CCCCC1)S(=O)(=O)c1cccs1. The zero-order valence-corrected chi connectivity index (χ0v) is 16.9. The number of hydrogen-bond donors (Lipinski definition) is 1. The summed E-state index contributed by atoms with van der Waals surface area (Å²) >= 11 is 1.13. The number of nitrogens with one attached hydrogen (secondary N) is 1. The first-order chi connectivity index (χ1) is 13.0. The highest BCUT2D eigenvalue weighted by atomic mass is 32.2. The van der Waals surface area contributed by atoms with Crippen LogP contribution in [0.1, 0.15) is 32.1 Å². The molecule has 3 rings (SSSR count). The third-order valence-electron chi connectivity index (χ3n) is 4.65. The molecule has 0 saturated heterocycles. The number of para-hydroxylation sites is 2. The standard InChI is InChI=1S/C19H24N2O4S2/c1-25-17-11-6-5-10-16(17)21(27(23,24)19-12-7-13-26-19)14-18(22)20-15-8-3-2-4-9-15/h5-7,10-13,15H,2-4,8-9,14H2,1H3,(H,20,22). The number of carbonyl (C=O) groups is 1. The number of sulfonamides is 1. The Morgan fingerprint density at radius 1 is 1.19 bits per heavy atom. The molecule has 1 amide bonds. The van der Waals surface area contributed by atoms with Crippen molar-refractivity contribution in [2.45, 2.75) is 42.4 Å². The smallest absolute Gasteiger partial charge is 0.274 e. The van der Waals surface area contributed by atoms with Gasteiger partial charge < -0.3 is 10.1 Å². The summed E-state index contributed by atoms with van der Waals surface area (Å²) < 4.78 is 33.0. The highest BCUT2D eigenvalue weighted by Crippen LogP contribution is 2.33. The fourth-order valence-electron chi connectivity index (χ4n) is 3.30. The second kappa shape index (κ2) is 8.75. The van der Waals surface area contributed by atoms with Crippen LogP contribution in [0.3, 0.4) is 0 Å². The van der Waals surface area contributed by atoms with Crippen LogP contribution >= 0.6 is 11.3 Å². The number of ether oxygens (including phenoxy) is 1. The average molecular weight is 409 g/mol. The molecular formula is C19H24N2O4S2. The molecule has 0 spiro atoms. The van der Waals surface area contributed by atoms with Crippen LogP contribution in [0.2, 0.25) is 0 Å². The predicted molar refractivity (Wildman–Crippen MR) is 107 cm³/mol. The van der Waals surface area contributed by atoms with Crippen LogP contribution in [0.5, 0.6) is 5.75 Å². The molecule has 1 heterocycles. The summed E-state index contributed by atoms with van der Waals surface area (Å²) in [6.45, 7) is -0.281. The van der Waals surface area contributed by atoms with Crippen molar-refractivity contribution in [3.8, 4) is 5.75 Å². The van der Waals surface area contributed by atoms with Gasteiger partial charge in [0, 0.05) is 6.04 Å². The van der Waals surface area contributed by atoms with E-state index in [1.165, 1.54) is 13.5 Å². The Balaban J connectivity index is 1.89. The van der Waals surface area contributed by atoms with E-state index in [4.69, 9.17) is 4.74 Å². The van der Waals surface area contributed by atoms with Crippen LogP contribution in [0.15, 0.2) is 46.0 Å². The molecule has 0 atom stereocenters. The fraction of sp³-hybridized carbons (Fsp3) is 0.421. The van der Waals surface area contributed by atoms with E-state index in [0.29, 0.717) is 11.4 Å². The van der Waals surface area contributed by atoms with Gasteiger partial charge in [-0.3, -0.25) is 9.10 Å². The van der Waals surface area contributed by atoms with Gasteiger partial charge in [-0.05, 0) is 36.4 Å². The molecule has 1 N–H and O–H groups in total. The lowest BCUT2D eigenvalue weighted by molar-refractivity contribution is -0.120. The molecule has 1 aliphatic rings. The minimum atomic E-state index is -3.87. The van der Waals surface area contributed by atoms with Crippen LogP contribution in [0.25, 0.3) is 0 Å². The van der Waals surface area contributed by atoms with E-state index < -0.39 is 10.0 Å². The van der Waals surface area contributed by atoms with Crippen molar-refractivity contribution < 1.29 is 17.9 Å². The number of rotatable bonds is 7. The maximum absolute atomic E-state index is 13.2. The first kappa shape index (κ1) is 19.7. The lowest BCUT2D eigenvalue weighted by Crippen LogP contribution is -2.44. The van der Waals surface area contributed by atoms with Crippen LogP contribution in [0.4, 0.5) is 5.69 Å². The van der Waals surface area contributed by atoms with E-state index in [0.717, 1.165) is 41.3 Å². The summed E-state index contributed by atoms with van der Waals surface area (Å²) in [5.41, 5.74) is 0.354. The van der Waals surface area contributed by atoms with Crippen molar-refractivity contribution >= 4 is 33.0 Å². The summed E-state index contributed by atoms with van der Waals surface area (Å²) in [7, 11) is -2.39. The second-order valence-corrected chi connectivity index (χ2v) is 9.55. The van der Waals surface area contributed by atoms with Crippen LogP contribution in [-0.2, 0) is 14.8 Å². The summed E-state index contributed by atoms with van der Waals surface area (Å²) in [6.07, 6.45) is 5.26. The quantitative estimate of drug-likeness (QED) is 0.762. The van der Waals surface area contributed by atoms with Gasteiger partial charge >= 0.3 is 0 Å². The van der Waals surface area contributed by atoms with E-state index >= 15 is 0 Å². The fourth-order valence-corrected chi connectivity index (χ4v) is 5.84. The summed E-state index contributed by atoms with van der Waals surface area (Å²) in [5, 5.41) is 4.70. The number of anilines is 1. The zero-order chi connectivity index (χ0) is 19.3. The maximum atomic E-state index is 13.2. The minimum Gasteiger partial charge on any atom is -0.495 e. The number of methoxy groups -OCH3 is 1. The van der Waals surface area contributed by atoms with Gasteiger partial charge in [0.15, 0.2) is 0 Å². The third-order valence-corrected chi connectivity index (χ3v) is 7.78. The van der Waals surface area contributed by atoms with Gasteiger partial charge in [-0.1, -0.05) is 37.5 Å². The summed E-state index contributed by atoms with van der Waals surface area (Å²) in [4.78, 5) is 12.7. The Kier molecular flexibility index (Phi) is 6.38. The molecule has 0 unspecified atom stereocenters. The Labute approximate surface area is 164 Å². The molecular weight excluding hydrogens is 384 g/mol. The molecule has 6 nitrogen and oxygen atoms in total. The largest absolute Gasteiger partial charge is 0.495 e. The molecule has 27 heavy (non-hydrogen) atoms. The van der Waals surface area contributed by atoms with Crippen LogP contribution < -0.4 is 14.4 Å². The first-order valence-corrected chi connectivity index (χ1v) is 11.3. The summed E-state index contributed by atoms with van der Waals surface area (Å²) in [5.74, 6) is 0.107. The van der Waals surface area contributed by atoms with Crippen molar-refractivity contribution in [2.24, 2.45) is 0 Å². The highest BCUT2D eigenvalue weighted by Gasteiger charge is 2.30. The summed E-state index contributed by atoms with van der Waals surface area (Å²) in [6, 6.07) is 10.2. The van der Waals surface area contributed by atoms with Gasteiger partial charge in [0.2, 0.25) is 5.91 Å². The molecule has 1 saturated carbocycles. The molecule has 2 aromatic rings. The molecule has 1 aromatic carbocycles. The van der Waals surface area contributed by atoms with Gasteiger partial charge in [-0.15, -0.1) is 11.3 Å². The first-order valence-electron chi connectivity index (χ1n) is 9.01. The molecule has 8 heteroatoms. The molecule has 1 aromatic heterocycles. The third kappa shape index (κ3) is 4.62. The van der Waals surface area contributed by atoms with E-state index in [2.05, 4.69) is 5.32 Å². The van der Waals surface area contributed by atoms with Gasteiger partial charge in [-0.25, -0.2) is 8.42 Å². The minimum absolute atomic E-state index is 0.121. The zero-order valence-electron chi connectivity index (χ0n) is 15.3. The van der Waals surface area contributed by atoms with E-state index in [1.807, 2.05) is 0 Å². The molecule has 146 valence electrons. The molecule has 1 fully saturated rings. The van der Waals surface area contributed by atoms with Crippen molar-refractivity contribution in [1.29, 1.82) is 0 Å². The maximum Gasteiger partial charge on any atom is 0.274 e. The van der Waals surface area contributed by atoms with Crippen LogP contribution in [-0.4, -0.2) is 34.0 Å². The van der Waals surface area contributed by atoms with Crippen molar-refractivity contribution in [1.82, 2.24) is 5.32 Å². The normalized spacial score (nSPS) is 15.3. The average Bonchev–Trinajstić information content (AvgIpc) is 3.22. The second-order valence-electron chi connectivity index (χ2n) is 6.52. The number of carbonyl (C=O) groups excluding carboxylic acids is 1. The van der Waals surface area contributed by atoms with Gasteiger partial charge in [0.25, 0.3) is 10.0 Å². The van der Waals surface area contributed by atoms with Crippen molar-refractivity contribution in [3.05, 3.63) is 41.8 Å². The number of amides is 1. The number of benzene rings is 1. The van der Waals surface area contributed by atoms with Crippen LogP contribution in [0, 0.1) is 0 Å². The predicted octanol–water partition coefficient (Wildman–Crippen LogP) is 3.40. The lowest BCUT2D eigenvalue weighted by atomic mass is 9.95. The van der Waals surface area contributed by atoms with Gasteiger partial charge in [-0.2, -0.15) is 0 Å². The Morgan fingerprint density at radius 3 is 2.59 bits per heavy atom. The van der Waals surface area contributed by atoms with Gasteiger partial charge in [0.1, 0.15) is 16.5 Å². The Bertz CT molecular complexity index is 860. The molecule has 0 bridgehead atoms. The number of hydrogen-bond acceptors (Lipinski definition) is 5. The number of thiophene rings is 1. The lowest BCUT2D eigenvalue weighted by Gasteiger charge is -2.27. The van der Waals surface area contributed by atoms with Crippen molar-refractivity contribution in [3.63, 3.8) is 0 Å². The highest BCUT2D eigenvalue weighted by molar-refractivity contribution is 7.94. The van der Waals surface area contributed by atoms with Gasteiger partial charge in [0.05, 0.1) is 12.8 Å². The number of nitrogens with zero attached hydrogens (tertiary/aromatic N) is 1. The topological polar surface area (TPSA) is 75.7 Å². The Morgan fingerprint density at radius 2 is 1.93 bits per heavy atom. The van der Waals surface area contributed by atoms with Crippen molar-refractivity contribution in [2.75, 3.05) is 18.0 Å². The Hall–Kier alpha value is -2.06. The van der Waals surface area contributed by atoms with E-state index in [-0.39, 0.29) is 22.7 Å². The molecule has 1 aliphatic carbocycles. The van der Waals surface area contributed by atoms with E-state index in [9.17, 15) is 13.2 Å².